The number of oxazole rings is 1. The van der Waals surface area contributed by atoms with Crippen LogP contribution in [-0.4, -0.2) is 61.1 Å². The number of ether oxygens (including phenoxy) is 3. The van der Waals surface area contributed by atoms with E-state index in [0.29, 0.717) is 53.0 Å². The van der Waals surface area contributed by atoms with E-state index in [-0.39, 0.29) is 17.7 Å². The highest BCUT2D eigenvalue weighted by Crippen LogP contribution is 2.41. The summed E-state index contributed by atoms with van der Waals surface area (Å²) in [5, 5.41) is 5.57. The van der Waals surface area contributed by atoms with Gasteiger partial charge in [-0.05, 0) is 37.1 Å². The average molecular weight is 549 g/mol. The van der Waals surface area contributed by atoms with E-state index in [0.717, 1.165) is 23.4 Å². The average Bonchev–Trinajstić information content (AvgIpc) is 3.69. The minimum Gasteiger partial charge on any atom is -0.493 e. The molecule has 1 saturated heterocycles. The minimum absolute atomic E-state index is 0.127. The van der Waals surface area contributed by atoms with Gasteiger partial charge in [0.05, 0.1) is 38.1 Å². The maximum absolute atomic E-state index is 13.3. The Labute approximate surface area is 229 Å². The Bertz CT molecular complexity index is 1460. The number of methoxy groups -OCH3 is 3. The molecule has 202 valence electrons. The summed E-state index contributed by atoms with van der Waals surface area (Å²) in [5.41, 5.74) is 2.25. The summed E-state index contributed by atoms with van der Waals surface area (Å²) in [7, 11) is 4.55. The first-order valence-electron chi connectivity index (χ1n) is 12.4. The minimum atomic E-state index is -0.277. The summed E-state index contributed by atoms with van der Waals surface area (Å²) in [6, 6.07) is 10.8. The van der Waals surface area contributed by atoms with Crippen LogP contribution in [0, 0.1) is 0 Å². The number of hydrogen-bond donors (Lipinski definition) is 1. The fourth-order valence-electron chi connectivity index (χ4n) is 4.65. The number of piperidine rings is 1. The number of hydrogen-bond acceptors (Lipinski definition) is 9. The predicted octanol–water partition coefficient (Wildman–Crippen LogP) is 5.10. The van der Waals surface area contributed by atoms with E-state index < -0.39 is 0 Å². The smallest absolute Gasteiger partial charge is 0.275 e. The quantitative estimate of drug-likeness (QED) is 0.324. The van der Waals surface area contributed by atoms with E-state index in [2.05, 4.69) is 15.3 Å². The monoisotopic (exact) mass is 548 g/mol. The molecule has 39 heavy (non-hydrogen) atoms. The number of benzene rings is 2. The van der Waals surface area contributed by atoms with Crippen molar-refractivity contribution in [3.05, 3.63) is 70.6 Å². The zero-order chi connectivity index (χ0) is 27.4. The van der Waals surface area contributed by atoms with Crippen molar-refractivity contribution >= 4 is 28.8 Å². The number of likely N-dealkylation sites (tertiary alicyclic amines) is 1. The van der Waals surface area contributed by atoms with Gasteiger partial charge in [-0.25, -0.2) is 9.97 Å². The molecule has 4 aromatic rings. The second kappa shape index (κ2) is 11.6. The van der Waals surface area contributed by atoms with Gasteiger partial charge in [0, 0.05) is 35.6 Å². The SMILES string of the molecule is COc1ccc(C(=O)N2CCC(c3nc(C(=O)Nc4cccc(-c5cnco5)c4)cs3)CC2)c(OC)c1OC. The van der Waals surface area contributed by atoms with Crippen LogP contribution in [0.1, 0.15) is 44.6 Å². The Kier molecular flexibility index (Phi) is 7.78. The van der Waals surface area contributed by atoms with Gasteiger partial charge in [0.2, 0.25) is 5.75 Å². The number of anilines is 1. The first-order valence-corrected chi connectivity index (χ1v) is 13.2. The third-order valence-corrected chi connectivity index (χ3v) is 7.67. The van der Waals surface area contributed by atoms with Crippen LogP contribution in [0.4, 0.5) is 5.69 Å². The standard InChI is InChI=1S/C28H28N4O6S/c1-35-22-8-7-20(24(36-2)25(22)37-3)28(34)32-11-9-17(10-12-32)27-31-21(15-39-27)26(33)30-19-6-4-5-18(13-19)23-14-29-16-38-23/h4-8,13-17H,9-12H2,1-3H3,(H,30,33). The van der Waals surface area contributed by atoms with Gasteiger partial charge in [0.1, 0.15) is 5.69 Å². The summed E-state index contributed by atoms with van der Waals surface area (Å²) in [5.74, 6) is 1.62. The van der Waals surface area contributed by atoms with Crippen molar-refractivity contribution in [3.63, 3.8) is 0 Å². The Hall–Kier alpha value is -4.38. The van der Waals surface area contributed by atoms with Crippen molar-refractivity contribution in [3.8, 4) is 28.6 Å². The van der Waals surface area contributed by atoms with Crippen molar-refractivity contribution < 1.29 is 28.2 Å². The van der Waals surface area contributed by atoms with Crippen molar-refractivity contribution in [1.82, 2.24) is 14.9 Å². The summed E-state index contributed by atoms with van der Waals surface area (Å²) in [6.07, 6.45) is 4.48. The van der Waals surface area contributed by atoms with E-state index in [1.807, 2.05) is 29.2 Å². The molecule has 10 nitrogen and oxygen atoms in total. The number of nitrogens with zero attached hydrogens (tertiary/aromatic N) is 3. The Morgan fingerprint density at radius 1 is 1.05 bits per heavy atom. The lowest BCUT2D eigenvalue weighted by Crippen LogP contribution is -2.38. The molecule has 11 heteroatoms. The van der Waals surface area contributed by atoms with Crippen molar-refractivity contribution in [2.75, 3.05) is 39.7 Å². The summed E-state index contributed by atoms with van der Waals surface area (Å²) in [4.78, 5) is 36.6. The summed E-state index contributed by atoms with van der Waals surface area (Å²) < 4.78 is 21.6. The molecule has 1 aliphatic heterocycles. The van der Waals surface area contributed by atoms with Gasteiger partial charge in [-0.2, -0.15) is 0 Å². The highest BCUT2D eigenvalue weighted by atomic mass is 32.1. The third-order valence-electron chi connectivity index (χ3n) is 6.66. The number of nitrogens with one attached hydrogen (secondary N) is 1. The molecule has 1 fully saturated rings. The zero-order valence-electron chi connectivity index (χ0n) is 21.8. The van der Waals surface area contributed by atoms with E-state index in [1.165, 1.54) is 39.1 Å². The predicted molar refractivity (Wildman–Crippen MR) is 146 cm³/mol. The van der Waals surface area contributed by atoms with Crippen LogP contribution in [0.25, 0.3) is 11.3 Å². The molecule has 3 heterocycles. The number of carbonyl (C=O) groups excluding carboxylic acids is 2. The van der Waals surface area contributed by atoms with Crippen LogP contribution >= 0.6 is 11.3 Å². The van der Waals surface area contributed by atoms with Crippen LogP contribution in [0.5, 0.6) is 17.2 Å². The lowest BCUT2D eigenvalue weighted by atomic mass is 9.97. The molecule has 0 radical (unpaired) electrons. The molecule has 2 aromatic heterocycles. The molecule has 0 aliphatic carbocycles. The number of rotatable bonds is 8. The molecule has 0 bridgehead atoms. The summed E-state index contributed by atoms with van der Waals surface area (Å²) >= 11 is 1.47. The number of carbonyl (C=O) groups is 2. The van der Waals surface area contributed by atoms with E-state index in [1.54, 1.807) is 23.7 Å². The van der Waals surface area contributed by atoms with Gasteiger partial charge in [-0.1, -0.05) is 12.1 Å². The maximum Gasteiger partial charge on any atom is 0.275 e. The van der Waals surface area contributed by atoms with Crippen LogP contribution in [0.3, 0.4) is 0 Å². The molecule has 0 saturated carbocycles. The lowest BCUT2D eigenvalue weighted by Gasteiger charge is -2.31. The Morgan fingerprint density at radius 3 is 2.54 bits per heavy atom. The number of amides is 2. The second-order valence-corrected chi connectivity index (χ2v) is 9.81. The largest absolute Gasteiger partial charge is 0.493 e. The first kappa shape index (κ1) is 26.2. The van der Waals surface area contributed by atoms with Crippen LogP contribution < -0.4 is 19.5 Å². The molecular weight excluding hydrogens is 520 g/mol. The molecule has 1 aliphatic rings. The van der Waals surface area contributed by atoms with E-state index >= 15 is 0 Å². The molecule has 5 rings (SSSR count). The zero-order valence-corrected chi connectivity index (χ0v) is 22.6. The van der Waals surface area contributed by atoms with Gasteiger partial charge in [0.25, 0.3) is 11.8 Å². The second-order valence-electron chi connectivity index (χ2n) is 8.92. The molecule has 0 atom stereocenters. The molecule has 0 spiro atoms. The normalized spacial score (nSPS) is 13.7. The molecule has 1 N–H and O–H groups in total. The van der Waals surface area contributed by atoms with Gasteiger partial charge in [0.15, 0.2) is 23.7 Å². The number of thiazole rings is 1. The Balaban J connectivity index is 1.21. The van der Waals surface area contributed by atoms with Gasteiger partial charge in [-0.3, -0.25) is 9.59 Å². The molecule has 0 unspecified atom stereocenters. The van der Waals surface area contributed by atoms with Gasteiger partial charge >= 0.3 is 0 Å². The molecule has 2 aromatic carbocycles. The first-order chi connectivity index (χ1) is 19.0. The maximum atomic E-state index is 13.3. The van der Waals surface area contributed by atoms with E-state index in [4.69, 9.17) is 18.6 Å². The highest BCUT2D eigenvalue weighted by Gasteiger charge is 2.30. The van der Waals surface area contributed by atoms with Crippen LogP contribution in [0.15, 0.2) is 58.8 Å². The molecule has 2 amide bonds. The lowest BCUT2D eigenvalue weighted by molar-refractivity contribution is 0.0708. The van der Waals surface area contributed by atoms with E-state index in [9.17, 15) is 9.59 Å². The van der Waals surface area contributed by atoms with Gasteiger partial charge < -0.3 is 28.8 Å². The number of aromatic nitrogens is 2. The fourth-order valence-corrected chi connectivity index (χ4v) is 5.62. The van der Waals surface area contributed by atoms with Crippen LogP contribution in [-0.2, 0) is 0 Å². The van der Waals surface area contributed by atoms with Crippen molar-refractivity contribution in [2.24, 2.45) is 0 Å². The highest BCUT2D eigenvalue weighted by molar-refractivity contribution is 7.10. The van der Waals surface area contributed by atoms with Crippen molar-refractivity contribution in [1.29, 1.82) is 0 Å². The molecular formula is C28H28N4O6S. The summed E-state index contributed by atoms with van der Waals surface area (Å²) in [6.45, 7) is 1.13. The Morgan fingerprint density at radius 2 is 1.85 bits per heavy atom. The topological polar surface area (TPSA) is 116 Å². The fraction of sp³-hybridized carbons (Fsp3) is 0.286. The van der Waals surface area contributed by atoms with Crippen molar-refractivity contribution in [2.45, 2.75) is 18.8 Å². The van der Waals surface area contributed by atoms with Gasteiger partial charge in [-0.15, -0.1) is 11.3 Å². The third kappa shape index (κ3) is 5.44. The van der Waals surface area contributed by atoms with Crippen LogP contribution in [0.2, 0.25) is 0 Å².